The van der Waals surface area contributed by atoms with Crippen LogP contribution in [0.5, 0.6) is 0 Å². The number of rotatable bonds is 1. The summed E-state index contributed by atoms with van der Waals surface area (Å²) in [5, 5.41) is 1.02. The van der Waals surface area contributed by atoms with Crippen molar-refractivity contribution in [1.29, 1.82) is 0 Å². The number of pyridine rings is 1. The summed E-state index contributed by atoms with van der Waals surface area (Å²) in [6.07, 6.45) is 0. The van der Waals surface area contributed by atoms with Crippen LogP contribution in [0.1, 0.15) is 16.8 Å². The van der Waals surface area contributed by atoms with Crippen molar-refractivity contribution in [3.63, 3.8) is 0 Å². The van der Waals surface area contributed by atoms with E-state index in [2.05, 4.69) is 49.2 Å². The normalized spacial score (nSPS) is 10.9. The Balaban J connectivity index is 2.22. The molecule has 0 bridgehead atoms. The molecule has 2 nitrogen and oxygen atoms in total. The van der Waals surface area contributed by atoms with E-state index >= 15 is 0 Å². The van der Waals surface area contributed by atoms with Gasteiger partial charge in [-0.25, -0.2) is 0 Å². The predicted octanol–water partition coefficient (Wildman–Crippen LogP) is 4.41. The van der Waals surface area contributed by atoms with E-state index in [0.29, 0.717) is 0 Å². The fourth-order valence-corrected chi connectivity index (χ4v) is 2.71. The molecule has 100 valence electrons. The highest BCUT2D eigenvalue weighted by Crippen LogP contribution is 2.28. The van der Waals surface area contributed by atoms with Crippen molar-refractivity contribution in [2.75, 3.05) is 5.73 Å². The van der Waals surface area contributed by atoms with Crippen LogP contribution in [0.3, 0.4) is 0 Å². The highest BCUT2D eigenvalue weighted by molar-refractivity contribution is 5.93. The first-order chi connectivity index (χ1) is 9.52. The standard InChI is InChI=1S/C18H18N2/c1-11-6-12(2)8-15(7-11)14-4-5-18-16(10-14)17(19)9-13(3)20-18/h4-10H,1-3H3,(H2,19,20). The van der Waals surface area contributed by atoms with Gasteiger partial charge in [0.2, 0.25) is 0 Å². The molecule has 0 fully saturated rings. The zero-order valence-corrected chi connectivity index (χ0v) is 12.1. The number of hydrogen-bond donors (Lipinski definition) is 1. The third kappa shape index (κ3) is 2.25. The summed E-state index contributed by atoms with van der Waals surface area (Å²) in [4.78, 5) is 4.53. The Morgan fingerprint density at radius 3 is 2.20 bits per heavy atom. The van der Waals surface area contributed by atoms with Crippen LogP contribution in [0.25, 0.3) is 22.0 Å². The summed E-state index contributed by atoms with van der Waals surface area (Å²) in [7, 11) is 0. The summed E-state index contributed by atoms with van der Waals surface area (Å²) in [5.41, 5.74) is 13.8. The average Bonchev–Trinajstić information content (AvgIpc) is 2.37. The van der Waals surface area contributed by atoms with Gasteiger partial charge >= 0.3 is 0 Å². The molecule has 0 amide bonds. The van der Waals surface area contributed by atoms with Crippen LogP contribution in [-0.2, 0) is 0 Å². The quantitative estimate of drug-likeness (QED) is 0.705. The van der Waals surface area contributed by atoms with Crippen molar-refractivity contribution >= 4 is 16.6 Å². The first-order valence-corrected chi connectivity index (χ1v) is 6.78. The van der Waals surface area contributed by atoms with Gasteiger partial charge in [-0.2, -0.15) is 0 Å². The SMILES string of the molecule is Cc1cc(C)cc(-c2ccc3nc(C)cc(N)c3c2)c1. The first kappa shape index (κ1) is 12.7. The highest BCUT2D eigenvalue weighted by atomic mass is 14.7. The monoisotopic (exact) mass is 262 g/mol. The van der Waals surface area contributed by atoms with Crippen molar-refractivity contribution < 1.29 is 0 Å². The van der Waals surface area contributed by atoms with Gasteiger partial charge in [0.25, 0.3) is 0 Å². The van der Waals surface area contributed by atoms with E-state index in [9.17, 15) is 0 Å². The molecule has 3 rings (SSSR count). The van der Waals surface area contributed by atoms with Gasteiger partial charge in [-0.1, -0.05) is 35.4 Å². The number of aryl methyl sites for hydroxylation is 3. The highest BCUT2D eigenvalue weighted by Gasteiger charge is 2.05. The maximum Gasteiger partial charge on any atom is 0.0726 e. The number of nitrogen functional groups attached to an aromatic ring is 1. The summed E-state index contributed by atoms with van der Waals surface area (Å²) in [6.45, 7) is 6.21. The molecule has 0 atom stereocenters. The van der Waals surface area contributed by atoms with Crippen molar-refractivity contribution in [2.45, 2.75) is 20.8 Å². The van der Waals surface area contributed by atoms with Crippen molar-refractivity contribution in [3.8, 4) is 11.1 Å². The Hall–Kier alpha value is -2.35. The van der Waals surface area contributed by atoms with E-state index in [0.717, 1.165) is 22.3 Å². The number of nitrogens with zero attached hydrogens (tertiary/aromatic N) is 1. The fourth-order valence-electron chi connectivity index (χ4n) is 2.71. The summed E-state index contributed by atoms with van der Waals surface area (Å²) < 4.78 is 0. The van der Waals surface area contributed by atoms with Gasteiger partial charge in [0.1, 0.15) is 0 Å². The Labute approximate surface area is 119 Å². The Morgan fingerprint density at radius 1 is 0.800 bits per heavy atom. The van der Waals surface area contributed by atoms with E-state index in [4.69, 9.17) is 5.73 Å². The minimum Gasteiger partial charge on any atom is -0.398 e. The van der Waals surface area contributed by atoms with Crippen LogP contribution in [0, 0.1) is 20.8 Å². The smallest absolute Gasteiger partial charge is 0.0726 e. The lowest BCUT2D eigenvalue weighted by Gasteiger charge is -2.08. The number of fused-ring (bicyclic) bond motifs is 1. The van der Waals surface area contributed by atoms with E-state index in [-0.39, 0.29) is 0 Å². The molecule has 0 saturated heterocycles. The van der Waals surface area contributed by atoms with Gasteiger partial charge in [-0.15, -0.1) is 0 Å². The van der Waals surface area contributed by atoms with Gasteiger partial charge in [0, 0.05) is 16.8 Å². The van der Waals surface area contributed by atoms with Crippen LogP contribution in [0.2, 0.25) is 0 Å². The second kappa shape index (κ2) is 4.64. The van der Waals surface area contributed by atoms with Crippen molar-refractivity contribution in [1.82, 2.24) is 4.98 Å². The number of benzene rings is 2. The van der Waals surface area contributed by atoms with Gasteiger partial charge < -0.3 is 5.73 Å². The lowest BCUT2D eigenvalue weighted by molar-refractivity contribution is 1.26. The minimum absolute atomic E-state index is 0.790. The Bertz CT molecular complexity index is 784. The first-order valence-electron chi connectivity index (χ1n) is 6.78. The molecule has 2 heteroatoms. The molecule has 0 aliphatic carbocycles. The van der Waals surface area contributed by atoms with Crippen LogP contribution >= 0.6 is 0 Å². The molecular weight excluding hydrogens is 244 g/mol. The molecule has 0 aliphatic heterocycles. The molecular formula is C18H18N2. The molecule has 20 heavy (non-hydrogen) atoms. The lowest BCUT2D eigenvalue weighted by Crippen LogP contribution is -1.92. The molecule has 0 spiro atoms. The maximum atomic E-state index is 6.12. The van der Waals surface area contributed by atoms with Crippen molar-refractivity contribution in [3.05, 3.63) is 59.3 Å². The summed E-state index contributed by atoms with van der Waals surface area (Å²) in [6, 6.07) is 14.8. The fraction of sp³-hybridized carbons (Fsp3) is 0.167. The van der Waals surface area contributed by atoms with Crippen LogP contribution in [0.4, 0.5) is 5.69 Å². The zero-order valence-electron chi connectivity index (χ0n) is 12.1. The van der Waals surface area contributed by atoms with Crippen LogP contribution < -0.4 is 5.73 Å². The summed E-state index contributed by atoms with van der Waals surface area (Å²) >= 11 is 0. The molecule has 0 aliphatic rings. The van der Waals surface area contributed by atoms with E-state index in [1.165, 1.54) is 22.3 Å². The second-order valence-electron chi connectivity index (χ2n) is 5.46. The number of aromatic nitrogens is 1. The van der Waals surface area contributed by atoms with E-state index in [1.807, 2.05) is 19.1 Å². The molecule has 0 radical (unpaired) electrons. The second-order valence-corrected chi connectivity index (χ2v) is 5.46. The molecule has 0 saturated carbocycles. The largest absolute Gasteiger partial charge is 0.398 e. The lowest BCUT2D eigenvalue weighted by atomic mass is 9.99. The third-order valence-electron chi connectivity index (χ3n) is 3.52. The Kier molecular flexibility index (Phi) is 2.94. The van der Waals surface area contributed by atoms with Crippen LogP contribution in [-0.4, -0.2) is 4.98 Å². The molecule has 1 aromatic heterocycles. The van der Waals surface area contributed by atoms with Gasteiger partial charge in [-0.05, 0) is 50.1 Å². The maximum absolute atomic E-state index is 6.12. The van der Waals surface area contributed by atoms with E-state index < -0.39 is 0 Å². The number of anilines is 1. The third-order valence-corrected chi connectivity index (χ3v) is 3.52. The zero-order chi connectivity index (χ0) is 14.3. The topological polar surface area (TPSA) is 38.9 Å². The van der Waals surface area contributed by atoms with Gasteiger partial charge in [0.15, 0.2) is 0 Å². The Morgan fingerprint density at radius 2 is 1.50 bits per heavy atom. The molecule has 0 unspecified atom stereocenters. The minimum atomic E-state index is 0.790. The van der Waals surface area contributed by atoms with Gasteiger partial charge in [-0.3, -0.25) is 4.98 Å². The predicted molar refractivity (Wildman–Crippen MR) is 85.8 cm³/mol. The molecule has 3 aromatic rings. The molecule has 2 N–H and O–H groups in total. The summed E-state index contributed by atoms with van der Waals surface area (Å²) in [5.74, 6) is 0. The van der Waals surface area contributed by atoms with E-state index in [1.54, 1.807) is 0 Å². The van der Waals surface area contributed by atoms with Crippen LogP contribution in [0.15, 0.2) is 42.5 Å². The molecule has 1 heterocycles. The number of hydrogen-bond acceptors (Lipinski definition) is 2. The average molecular weight is 262 g/mol. The number of nitrogens with two attached hydrogens (primary N) is 1. The molecule has 2 aromatic carbocycles. The van der Waals surface area contributed by atoms with Gasteiger partial charge in [0.05, 0.1) is 5.52 Å². The van der Waals surface area contributed by atoms with Crippen molar-refractivity contribution in [2.24, 2.45) is 0 Å².